The van der Waals surface area contributed by atoms with E-state index in [2.05, 4.69) is 5.32 Å². The van der Waals surface area contributed by atoms with Crippen LogP contribution in [-0.4, -0.2) is 47.8 Å². The zero-order chi connectivity index (χ0) is 20.2. The van der Waals surface area contributed by atoms with Gasteiger partial charge in [-0.05, 0) is 33.3 Å². The Balaban J connectivity index is 2.54. The number of hydrogen-bond acceptors (Lipinski definition) is 6. The minimum Gasteiger partial charge on any atom is -0.465 e. The fourth-order valence-electron chi connectivity index (χ4n) is 3.54. The quantitative estimate of drug-likeness (QED) is 0.573. The van der Waals surface area contributed by atoms with Gasteiger partial charge in [0.1, 0.15) is 5.60 Å². The Bertz CT molecular complexity index is 696. The average molecular weight is 377 g/mol. The SMILES string of the molecule is CCOC(=O)[C@@]1(c2ccccc2)C(=O)N[C@H](CO)[C@H]1CC(=O)OC(C)(C)C. The van der Waals surface area contributed by atoms with Gasteiger partial charge in [-0.1, -0.05) is 30.3 Å². The number of aliphatic hydroxyl groups is 1. The molecule has 27 heavy (non-hydrogen) atoms. The largest absolute Gasteiger partial charge is 0.465 e. The van der Waals surface area contributed by atoms with E-state index in [1.807, 2.05) is 0 Å². The van der Waals surface area contributed by atoms with Crippen LogP contribution in [0.15, 0.2) is 30.3 Å². The highest BCUT2D eigenvalue weighted by Crippen LogP contribution is 2.43. The summed E-state index contributed by atoms with van der Waals surface area (Å²) in [6, 6.07) is 7.72. The zero-order valence-corrected chi connectivity index (χ0v) is 16.2. The molecule has 1 heterocycles. The first-order valence-electron chi connectivity index (χ1n) is 9.03. The Morgan fingerprint density at radius 3 is 2.37 bits per heavy atom. The van der Waals surface area contributed by atoms with Crippen LogP contribution in [0.2, 0.25) is 0 Å². The third-order valence-corrected chi connectivity index (χ3v) is 4.55. The molecule has 1 aromatic rings. The predicted octanol–water partition coefficient (Wildman–Crippen LogP) is 1.33. The van der Waals surface area contributed by atoms with Crippen LogP contribution in [0.3, 0.4) is 0 Å². The van der Waals surface area contributed by atoms with E-state index in [-0.39, 0.29) is 13.0 Å². The lowest BCUT2D eigenvalue weighted by molar-refractivity contribution is -0.159. The fourth-order valence-corrected chi connectivity index (χ4v) is 3.54. The minimum absolute atomic E-state index is 0.0870. The standard InChI is InChI=1S/C20H27NO6/c1-5-26-18(25)20(13-9-7-6-8-10-13)14(15(12-22)21-17(20)24)11-16(23)27-19(2,3)4/h6-10,14-15,22H,5,11-12H2,1-4H3,(H,21,24)/t14-,15-,20-/m1/s1. The molecule has 7 heteroatoms. The van der Waals surface area contributed by atoms with Gasteiger partial charge in [0.25, 0.3) is 0 Å². The van der Waals surface area contributed by atoms with Crippen LogP contribution >= 0.6 is 0 Å². The number of nitrogens with one attached hydrogen (secondary N) is 1. The molecule has 148 valence electrons. The monoisotopic (exact) mass is 377 g/mol. The smallest absolute Gasteiger partial charge is 0.326 e. The van der Waals surface area contributed by atoms with Crippen molar-refractivity contribution in [2.75, 3.05) is 13.2 Å². The molecule has 0 saturated carbocycles. The summed E-state index contributed by atoms with van der Waals surface area (Å²) in [5, 5.41) is 12.4. The third-order valence-electron chi connectivity index (χ3n) is 4.55. The lowest BCUT2D eigenvalue weighted by Crippen LogP contribution is -2.49. The van der Waals surface area contributed by atoms with Gasteiger partial charge < -0.3 is 19.9 Å². The number of carbonyl (C=O) groups is 3. The van der Waals surface area contributed by atoms with Crippen LogP contribution in [0.4, 0.5) is 0 Å². The number of aliphatic hydroxyl groups excluding tert-OH is 1. The van der Waals surface area contributed by atoms with Crippen molar-refractivity contribution in [2.24, 2.45) is 5.92 Å². The zero-order valence-electron chi connectivity index (χ0n) is 16.2. The van der Waals surface area contributed by atoms with Crippen molar-refractivity contribution in [3.8, 4) is 0 Å². The van der Waals surface area contributed by atoms with Gasteiger partial charge in [0.15, 0.2) is 5.41 Å². The second kappa shape index (κ2) is 8.08. The normalized spacial score (nSPS) is 25.0. The highest BCUT2D eigenvalue weighted by molar-refractivity contribution is 6.11. The lowest BCUT2D eigenvalue weighted by Gasteiger charge is -2.32. The van der Waals surface area contributed by atoms with E-state index < -0.39 is 47.4 Å². The van der Waals surface area contributed by atoms with Gasteiger partial charge in [-0.25, -0.2) is 0 Å². The summed E-state index contributed by atoms with van der Waals surface area (Å²) in [6.07, 6.45) is -0.213. The average Bonchev–Trinajstić information content (AvgIpc) is 2.86. The first-order chi connectivity index (χ1) is 12.7. The number of carbonyl (C=O) groups excluding carboxylic acids is 3. The topological polar surface area (TPSA) is 102 Å². The summed E-state index contributed by atoms with van der Waals surface area (Å²) < 4.78 is 10.6. The Morgan fingerprint density at radius 1 is 1.22 bits per heavy atom. The molecular formula is C20H27NO6. The molecule has 1 aliphatic heterocycles. The van der Waals surface area contributed by atoms with E-state index in [1.54, 1.807) is 58.0 Å². The van der Waals surface area contributed by atoms with E-state index in [9.17, 15) is 19.5 Å². The predicted molar refractivity (Wildman–Crippen MR) is 97.7 cm³/mol. The number of amides is 1. The number of rotatable bonds is 6. The van der Waals surface area contributed by atoms with E-state index in [0.29, 0.717) is 5.56 Å². The highest BCUT2D eigenvalue weighted by atomic mass is 16.6. The molecule has 1 saturated heterocycles. The van der Waals surface area contributed by atoms with Gasteiger partial charge in [0.2, 0.25) is 5.91 Å². The fraction of sp³-hybridized carbons (Fsp3) is 0.550. The van der Waals surface area contributed by atoms with Gasteiger partial charge in [0.05, 0.1) is 25.7 Å². The van der Waals surface area contributed by atoms with Gasteiger partial charge in [-0.3, -0.25) is 14.4 Å². The number of benzene rings is 1. The Labute approximate surface area is 159 Å². The molecule has 1 amide bonds. The van der Waals surface area contributed by atoms with Gasteiger partial charge in [-0.15, -0.1) is 0 Å². The van der Waals surface area contributed by atoms with Crippen LogP contribution in [0.1, 0.15) is 39.7 Å². The molecule has 1 aromatic carbocycles. The van der Waals surface area contributed by atoms with Crippen LogP contribution in [0.5, 0.6) is 0 Å². The van der Waals surface area contributed by atoms with E-state index in [0.717, 1.165) is 0 Å². The van der Waals surface area contributed by atoms with Crippen molar-refractivity contribution in [3.63, 3.8) is 0 Å². The van der Waals surface area contributed by atoms with Crippen molar-refractivity contribution < 1.29 is 29.0 Å². The van der Waals surface area contributed by atoms with E-state index in [1.165, 1.54) is 0 Å². The maximum atomic E-state index is 13.0. The molecule has 3 atom stereocenters. The van der Waals surface area contributed by atoms with Gasteiger partial charge in [0, 0.05) is 5.92 Å². The molecule has 1 aliphatic rings. The molecule has 2 rings (SSSR count). The number of hydrogen-bond donors (Lipinski definition) is 2. The summed E-state index contributed by atoms with van der Waals surface area (Å²) in [5.41, 5.74) is -2.01. The van der Waals surface area contributed by atoms with Gasteiger partial charge >= 0.3 is 11.9 Å². The summed E-state index contributed by atoms with van der Waals surface area (Å²) in [5.74, 6) is -2.71. The first-order valence-corrected chi connectivity index (χ1v) is 9.03. The molecule has 0 unspecified atom stereocenters. The molecule has 7 nitrogen and oxygen atoms in total. The van der Waals surface area contributed by atoms with Gasteiger partial charge in [-0.2, -0.15) is 0 Å². The molecular weight excluding hydrogens is 350 g/mol. The van der Waals surface area contributed by atoms with E-state index >= 15 is 0 Å². The maximum absolute atomic E-state index is 13.0. The van der Waals surface area contributed by atoms with E-state index in [4.69, 9.17) is 9.47 Å². The van der Waals surface area contributed by atoms with Crippen LogP contribution in [-0.2, 0) is 29.3 Å². The van der Waals surface area contributed by atoms with Crippen LogP contribution in [0, 0.1) is 5.92 Å². The van der Waals surface area contributed by atoms with Crippen LogP contribution in [0.25, 0.3) is 0 Å². The lowest BCUT2D eigenvalue weighted by atomic mass is 9.68. The van der Waals surface area contributed by atoms with Crippen molar-refractivity contribution in [3.05, 3.63) is 35.9 Å². The summed E-state index contributed by atoms with van der Waals surface area (Å²) in [6.45, 7) is 6.54. The summed E-state index contributed by atoms with van der Waals surface area (Å²) >= 11 is 0. The Kier molecular flexibility index (Phi) is 6.26. The third kappa shape index (κ3) is 4.13. The van der Waals surface area contributed by atoms with Crippen molar-refractivity contribution in [1.29, 1.82) is 0 Å². The second-order valence-corrected chi connectivity index (χ2v) is 7.55. The minimum atomic E-state index is -1.72. The molecule has 0 spiro atoms. The highest BCUT2D eigenvalue weighted by Gasteiger charge is 2.62. The van der Waals surface area contributed by atoms with Crippen molar-refractivity contribution in [2.45, 2.75) is 51.2 Å². The Morgan fingerprint density at radius 2 is 1.85 bits per heavy atom. The Hall–Kier alpha value is -2.41. The molecule has 2 N–H and O–H groups in total. The first kappa shape index (κ1) is 20.9. The summed E-state index contributed by atoms with van der Waals surface area (Å²) in [4.78, 5) is 38.5. The summed E-state index contributed by atoms with van der Waals surface area (Å²) in [7, 11) is 0. The van der Waals surface area contributed by atoms with Crippen molar-refractivity contribution >= 4 is 17.8 Å². The van der Waals surface area contributed by atoms with Crippen molar-refractivity contribution in [1.82, 2.24) is 5.32 Å². The van der Waals surface area contributed by atoms with Crippen LogP contribution < -0.4 is 5.32 Å². The molecule has 0 aromatic heterocycles. The number of esters is 2. The molecule has 0 radical (unpaired) electrons. The second-order valence-electron chi connectivity index (χ2n) is 7.55. The molecule has 0 bridgehead atoms. The number of ether oxygens (including phenoxy) is 2. The maximum Gasteiger partial charge on any atom is 0.326 e. The molecule has 0 aliphatic carbocycles. The molecule has 1 fully saturated rings.